The Kier molecular flexibility index (Phi) is 5.29. The van der Waals surface area contributed by atoms with Crippen molar-refractivity contribution in [3.05, 3.63) is 71.5 Å². The van der Waals surface area contributed by atoms with Gasteiger partial charge in [-0.3, -0.25) is 4.79 Å². The first kappa shape index (κ1) is 18.7. The lowest BCUT2D eigenvalue weighted by Gasteiger charge is -2.21. The number of carbonyl (C=O) groups is 1. The topological polar surface area (TPSA) is 76.6 Å². The highest BCUT2D eigenvalue weighted by molar-refractivity contribution is 5.92. The molecule has 0 aliphatic carbocycles. The lowest BCUT2D eigenvalue weighted by Crippen LogP contribution is -2.31. The molecule has 0 unspecified atom stereocenters. The van der Waals surface area contributed by atoms with Crippen LogP contribution in [0.5, 0.6) is 11.5 Å². The van der Waals surface area contributed by atoms with Gasteiger partial charge < -0.3 is 19.7 Å². The van der Waals surface area contributed by atoms with Crippen LogP contribution in [0.25, 0.3) is 0 Å². The third-order valence-electron chi connectivity index (χ3n) is 4.59. The Morgan fingerprint density at radius 1 is 1.07 bits per heavy atom. The number of benzene rings is 2. The minimum Gasteiger partial charge on any atom is -0.454 e. The highest BCUT2D eigenvalue weighted by Crippen LogP contribution is 2.34. The number of fused-ring (bicyclic) bond motifs is 1. The minimum atomic E-state index is -0.129. The Balaban J connectivity index is 1.54. The average molecular weight is 390 g/mol. The van der Waals surface area contributed by atoms with Crippen molar-refractivity contribution in [3.8, 4) is 11.5 Å². The maximum atomic E-state index is 13.1. The molecule has 0 spiro atoms. The van der Waals surface area contributed by atoms with E-state index in [1.807, 2.05) is 62.4 Å². The van der Waals surface area contributed by atoms with Crippen LogP contribution in [-0.2, 0) is 6.54 Å². The van der Waals surface area contributed by atoms with Gasteiger partial charge in [0.15, 0.2) is 11.5 Å². The van der Waals surface area contributed by atoms with Gasteiger partial charge in [-0.1, -0.05) is 30.3 Å². The molecule has 1 N–H and O–H groups in total. The number of amides is 1. The second kappa shape index (κ2) is 8.18. The van der Waals surface area contributed by atoms with Gasteiger partial charge in [0, 0.05) is 30.5 Å². The Bertz CT molecular complexity index is 1020. The molecular weight excluding hydrogens is 368 g/mol. The van der Waals surface area contributed by atoms with Crippen molar-refractivity contribution in [2.75, 3.05) is 18.7 Å². The van der Waals surface area contributed by atoms with E-state index in [2.05, 4.69) is 15.3 Å². The SMILES string of the molecule is CCN(Cc1ccccc1)C(=O)c1cc(C)nc(Nc2ccc3c(c2)OCO3)n1. The molecular formula is C22H22N4O3. The van der Waals surface area contributed by atoms with Crippen molar-refractivity contribution in [1.82, 2.24) is 14.9 Å². The van der Waals surface area contributed by atoms with Gasteiger partial charge in [0.25, 0.3) is 5.91 Å². The van der Waals surface area contributed by atoms with Crippen LogP contribution < -0.4 is 14.8 Å². The van der Waals surface area contributed by atoms with Crippen molar-refractivity contribution in [2.24, 2.45) is 0 Å². The van der Waals surface area contributed by atoms with E-state index in [9.17, 15) is 4.79 Å². The largest absolute Gasteiger partial charge is 0.454 e. The van der Waals surface area contributed by atoms with Gasteiger partial charge >= 0.3 is 0 Å². The zero-order chi connectivity index (χ0) is 20.2. The molecule has 2 aromatic carbocycles. The monoisotopic (exact) mass is 390 g/mol. The Morgan fingerprint density at radius 3 is 2.66 bits per heavy atom. The Hall–Kier alpha value is -3.61. The maximum Gasteiger partial charge on any atom is 0.272 e. The summed E-state index contributed by atoms with van der Waals surface area (Å²) in [5.41, 5.74) is 2.91. The molecule has 1 aliphatic rings. The first-order valence-electron chi connectivity index (χ1n) is 9.48. The first-order chi connectivity index (χ1) is 14.1. The number of nitrogens with zero attached hydrogens (tertiary/aromatic N) is 3. The van der Waals surface area contributed by atoms with Crippen molar-refractivity contribution in [1.29, 1.82) is 0 Å². The Labute approximate surface area is 169 Å². The second-order valence-electron chi connectivity index (χ2n) is 6.72. The van der Waals surface area contributed by atoms with E-state index in [0.717, 1.165) is 11.3 Å². The second-order valence-corrected chi connectivity index (χ2v) is 6.72. The number of aryl methyl sites for hydroxylation is 1. The van der Waals surface area contributed by atoms with E-state index in [1.165, 1.54) is 0 Å². The van der Waals surface area contributed by atoms with Crippen molar-refractivity contribution >= 4 is 17.5 Å². The van der Waals surface area contributed by atoms with Crippen LogP contribution in [0, 0.1) is 6.92 Å². The number of carbonyl (C=O) groups excluding carboxylic acids is 1. The number of rotatable bonds is 6. The molecule has 7 nitrogen and oxygen atoms in total. The zero-order valence-electron chi connectivity index (χ0n) is 16.4. The molecule has 148 valence electrons. The quantitative estimate of drug-likeness (QED) is 0.687. The number of nitrogens with one attached hydrogen (secondary N) is 1. The van der Waals surface area contributed by atoms with Crippen LogP contribution in [0.15, 0.2) is 54.6 Å². The summed E-state index contributed by atoms with van der Waals surface area (Å²) in [4.78, 5) is 23.7. The predicted octanol–water partition coefficient (Wildman–Crippen LogP) is 3.92. The van der Waals surface area contributed by atoms with Crippen LogP contribution in [0.1, 0.15) is 28.7 Å². The van der Waals surface area contributed by atoms with E-state index in [4.69, 9.17) is 9.47 Å². The number of hydrogen-bond acceptors (Lipinski definition) is 6. The highest BCUT2D eigenvalue weighted by atomic mass is 16.7. The summed E-state index contributed by atoms with van der Waals surface area (Å²) in [6.45, 7) is 5.13. The Morgan fingerprint density at radius 2 is 1.86 bits per heavy atom. The highest BCUT2D eigenvalue weighted by Gasteiger charge is 2.18. The molecule has 29 heavy (non-hydrogen) atoms. The van der Waals surface area contributed by atoms with Crippen LogP contribution in [0.4, 0.5) is 11.6 Å². The molecule has 3 aromatic rings. The van der Waals surface area contributed by atoms with Crippen LogP contribution >= 0.6 is 0 Å². The normalized spacial score (nSPS) is 11.9. The van der Waals surface area contributed by atoms with E-state index < -0.39 is 0 Å². The molecule has 1 aliphatic heterocycles. The zero-order valence-corrected chi connectivity index (χ0v) is 16.4. The van der Waals surface area contributed by atoms with Crippen LogP contribution in [-0.4, -0.2) is 34.1 Å². The van der Waals surface area contributed by atoms with Gasteiger partial charge in [-0.15, -0.1) is 0 Å². The van der Waals surface area contributed by atoms with E-state index in [0.29, 0.717) is 41.9 Å². The molecule has 0 saturated carbocycles. The van der Waals surface area contributed by atoms with Crippen molar-refractivity contribution in [2.45, 2.75) is 20.4 Å². The number of hydrogen-bond donors (Lipinski definition) is 1. The van der Waals surface area contributed by atoms with E-state index in [-0.39, 0.29) is 12.7 Å². The maximum absolute atomic E-state index is 13.1. The predicted molar refractivity (Wildman–Crippen MR) is 109 cm³/mol. The minimum absolute atomic E-state index is 0.129. The molecule has 0 atom stereocenters. The lowest BCUT2D eigenvalue weighted by atomic mass is 10.2. The van der Waals surface area contributed by atoms with Crippen LogP contribution in [0.3, 0.4) is 0 Å². The molecule has 0 saturated heterocycles. The smallest absolute Gasteiger partial charge is 0.272 e. The molecule has 0 fully saturated rings. The number of aromatic nitrogens is 2. The van der Waals surface area contributed by atoms with Gasteiger partial charge in [-0.05, 0) is 37.6 Å². The molecule has 7 heteroatoms. The lowest BCUT2D eigenvalue weighted by molar-refractivity contribution is 0.0746. The van der Waals surface area contributed by atoms with Gasteiger partial charge in [0.2, 0.25) is 12.7 Å². The fourth-order valence-electron chi connectivity index (χ4n) is 3.13. The fraction of sp³-hybridized carbons (Fsp3) is 0.227. The first-order valence-corrected chi connectivity index (χ1v) is 9.48. The fourth-order valence-corrected chi connectivity index (χ4v) is 3.13. The van der Waals surface area contributed by atoms with Crippen molar-refractivity contribution in [3.63, 3.8) is 0 Å². The van der Waals surface area contributed by atoms with Gasteiger partial charge in [-0.2, -0.15) is 0 Å². The van der Waals surface area contributed by atoms with Gasteiger partial charge in [-0.25, -0.2) is 9.97 Å². The summed E-state index contributed by atoms with van der Waals surface area (Å²) in [5, 5.41) is 3.15. The molecule has 4 rings (SSSR count). The summed E-state index contributed by atoms with van der Waals surface area (Å²) >= 11 is 0. The van der Waals surface area contributed by atoms with Gasteiger partial charge in [0.05, 0.1) is 0 Å². The third-order valence-corrected chi connectivity index (χ3v) is 4.59. The number of ether oxygens (including phenoxy) is 2. The third kappa shape index (κ3) is 4.29. The summed E-state index contributed by atoms with van der Waals surface area (Å²) in [6, 6.07) is 17.1. The number of anilines is 2. The molecule has 0 radical (unpaired) electrons. The molecule has 1 aromatic heterocycles. The summed E-state index contributed by atoms with van der Waals surface area (Å²) < 4.78 is 10.7. The van der Waals surface area contributed by atoms with E-state index in [1.54, 1.807) is 11.0 Å². The summed E-state index contributed by atoms with van der Waals surface area (Å²) in [6.07, 6.45) is 0. The average Bonchev–Trinajstić information content (AvgIpc) is 3.20. The molecule has 0 bridgehead atoms. The summed E-state index contributed by atoms with van der Waals surface area (Å²) in [7, 11) is 0. The van der Waals surface area contributed by atoms with Crippen molar-refractivity contribution < 1.29 is 14.3 Å². The molecule has 1 amide bonds. The summed E-state index contributed by atoms with van der Waals surface area (Å²) in [5.74, 6) is 1.61. The van der Waals surface area contributed by atoms with Gasteiger partial charge in [0.1, 0.15) is 5.69 Å². The van der Waals surface area contributed by atoms with Crippen LogP contribution in [0.2, 0.25) is 0 Å². The molecule has 2 heterocycles. The standard InChI is InChI=1S/C22H22N4O3/c1-3-26(13-16-7-5-4-6-8-16)21(27)18-11-15(2)23-22(25-18)24-17-9-10-19-20(12-17)29-14-28-19/h4-12H,3,13-14H2,1-2H3,(H,23,24,25). The van der Waals surface area contributed by atoms with E-state index >= 15 is 0 Å².